The summed E-state index contributed by atoms with van der Waals surface area (Å²) in [5.74, 6) is 0.420. The van der Waals surface area contributed by atoms with Gasteiger partial charge in [0, 0.05) is 5.56 Å². The molecule has 0 aliphatic heterocycles. The number of aromatic nitrogens is 2. The highest BCUT2D eigenvalue weighted by Gasteiger charge is 2.17. The average Bonchev–Trinajstić information content (AvgIpc) is 2.68. The maximum Gasteiger partial charge on any atom is 0.233 e. The van der Waals surface area contributed by atoms with Crippen molar-refractivity contribution in [3.8, 4) is 11.1 Å². The van der Waals surface area contributed by atoms with Gasteiger partial charge >= 0.3 is 0 Å². The lowest BCUT2D eigenvalue weighted by atomic mass is 10.1. The van der Waals surface area contributed by atoms with Gasteiger partial charge in [0.1, 0.15) is 12.1 Å². The van der Waals surface area contributed by atoms with Crippen molar-refractivity contribution in [2.24, 2.45) is 0 Å². The molecule has 2 heterocycles. The summed E-state index contributed by atoms with van der Waals surface area (Å²) in [6.45, 7) is 0. The van der Waals surface area contributed by atoms with Gasteiger partial charge in [-0.15, -0.1) is 0 Å². The molecule has 0 radical (unpaired) electrons. The van der Waals surface area contributed by atoms with Crippen molar-refractivity contribution in [1.82, 2.24) is 9.97 Å². The van der Waals surface area contributed by atoms with Crippen LogP contribution < -0.4 is 5.73 Å². The summed E-state index contributed by atoms with van der Waals surface area (Å²) in [5.41, 5.74) is 8.27. The average molecular weight is 290 g/mol. The Labute approximate surface area is 106 Å². The molecule has 2 N–H and O–H groups in total. The molecule has 2 aromatic heterocycles. The van der Waals surface area contributed by atoms with Crippen LogP contribution in [0.5, 0.6) is 0 Å². The van der Waals surface area contributed by atoms with Crippen LogP contribution in [-0.2, 0) is 0 Å². The Hall–Kier alpha value is -1.88. The summed E-state index contributed by atoms with van der Waals surface area (Å²) < 4.78 is 6.14. The molecule has 0 saturated heterocycles. The fourth-order valence-corrected chi connectivity index (χ4v) is 2.37. The minimum Gasteiger partial charge on any atom is -0.430 e. The molecule has 0 aliphatic carbocycles. The van der Waals surface area contributed by atoms with E-state index in [4.69, 9.17) is 10.2 Å². The number of nitrogens with zero attached hydrogens (tertiary/aromatic N) is 2. The number of anilines is 1. The zero-order valence-electron chi connectivity index (χ0n) is 8.72. The minimum absolute atomic E-state index is 0.420. The van der Waals surface area contributed by atoms with E-state index in [0.717, 1.165) is 16.5 Å². The zero-order valence-corrected chi connectivity index (χ0v) is 10.3. The first-order valence-electron chi connectivity index (χ1n) is 5.01. The molecule has 1 aromatic carbocycles. The van der Waals surface area contributed by atoms with Gasteiger partial charge in [-0.1, -0.05) is 30.3 Å². The fourth-order valence-electron chi connectivity index (χ4n) is 1.79. The molecule has 3 rings (SSSR count). The fraction of sp³-hybridized carbons (Fsp3) is 0. The van der Waals surface area contributed by atoms with Crippen molar-refractivity contribution >= 4 is 32.8 Å². The van der Waals surface area contributed by atoms with E-state index in [2.05, 4.69) is 25.9 Å². The number of hydrogen-bond donors (Lipinski definition) is 1. The van der Waals surface area contributed by atoms with Gasteiger partial charge < -0.3 is 10.2 Å². The maximum absolute atomic E-state index is 5.88. The van der Waals surface area contributed by atoms with Crippen molar-refractivity contribution in [2.75, 3.05) is 5.73 Å². The van der Waals surface area contributed by atoms with Crippen LogP contribution in [0.2, 0.25) is 0 Å². The van der Waals surface area contributed by atoms with Gasteiger partial charge in [-0.3, -0.25) is 0 Å². The monoisotopic (exact) mass is 289 g/mol. The van der Waals surface area contributed by atoms with Gasteiger partial charge in [-0.05, 0) is 21.5 Å². The first-order valence-corrected chi connectivity index (χ1v) is 5.80. The predicted molar refractivity (Wildman–Crippen MR) is 69.4 cm³/mol. The highest BCUT2D eigenvalue weighted by atomic mass is 79.9. The first kappa shape index (κ1) is 10.3. The number of fused-ring (bicyclic) bond motifs is 1. The van der Waals surface area contributed by atoms with Gasteiger partial charge in [0.2, 0.25) is 5.71 Å². The van der Waals surface area contributed by atoms with Crippen LogP contribution in [0.1, 0.15) is 0 Å². The van der Waals surface area contributed by atoms with E-state index in [1.54, 1.807) is 0 Å². The quantitative estimate of drug-likeness (QED) is 0.747. The summed E-state index contributed by atoms with van der Waals surface area (Å²) in [4.78, 5) is 8.05. The minimum atomic E-state index is 0.420. The third kappa shape index (κ3) is 1.59. The van der Waals surface area contributed by atoms with Gasteiger partial charge in [0.05, 0.1) is 5.39 Å². The summed E-state index contributed by atoms with van der Waals surface area (Å²) in [5, 5.41) is 0.741. The van der Waals surface area contributed by atoms with E-state index in [0.29, 0.717) is 16.2 Å². The van der Waals surface area contributed by atoms with Gasteiger partial charge in [0.25, 0.3) is 0 Å². The Balaban J connectivity index is 2.40. The highest BCUT2D eigenvalue weighted by molar-refractivity contribution is 9.10. The first-order chi connectivity index (χ1) is 8.27. The molecular weight excluding hydrogens is 282 g/mol. The van der Waals surface area contributed by atoms with E-state index < -0.39 is 0 Å². The number of rotatable bonds is 1. The summed E-state index contributed by atoms with van der Waals surface area (Å²) in [6, 6.07) is 9.85. The van der Waals surface area contributed by atoms with E-state index in [1.807, 2.05) is 30.3 Å². The Morgan fingerprint density at radius 3 is 2.65 bits per heavy atom. The summed E-state index contributed by atoms with van der Waals surface area (Å²) >= 11 is 3.39. The number of nitrogen functional groups attached to an aromatic ring is 1. The number of nitrogens with two attached hydrogens (primary N) is 1. The van der Waals surface area contributed by atoms with Crippen LogP contribution in [0.25, 0.3) is 22.2 Å². The van der Waals surface area contributed by atoms with Crippen LogP contribution >= 0.6 is 15.9 Å². The van der Waals surface area contributed by atoms with Crippen LogP contribution in [0.4, 0.5) is 5.82 Å². The predicted octanol–water partition coefficient (Wildman–Crippen LogP) is 3.23. The standard InChI is InChI=1S/C12H8BrN3O/c13-10-8(7-4-2-1-3-5-7)9-11(14)15-6-16-12(9)17-10/h1-6H,(H2,14,15,16). The second-order valence-corrected chi connectivity index (χ2v) is 4.28. The van der Waals surface area contributed by atoms with E-state index >= 15 is 0 Å². The Bertz CT molecular complexity index is 679. The molecule has 84 valence electrons. The zero-order chi connectivity index (χ0) is 11.8. The van der Waals surface area contributed by atoms with Gasteiger partial charge in [-0.2, -0.15) is 0 Å². The van der Waals surface area contributed by atoms with Crippen LogP contribution in [-0.4, -0.2) is 9.97 Å². The van der Waals surface area contributed by atoms with Crippen molar-refractivity contribution in [3.05, 3.63) is 41.3 Å². The maximum atomic E-state index is 5.88. The topological polar surface area (TPSA) is 64.9 Å². The number of halogens is 1. The Morgan fingerprint density at radius 1 is 1.12 bits per heavy atom. The Morgan fingerprint density at radius 2 is 1.88 bits per heavy atom. The lowest BCUT2D eigenvalue weighted by Gasteiger charge is -2.00. The van der Waals surface area contributed by atoms with E-state index in [-0.39, 0.29) is 0 Å². The van der Waals surface area contributed by atoms with E-state index in [1.165, 1.54) is 6.33 Å². The lowest BCUT2D eigenvalue weighted by molar-refractivity contribution is 0.576. The molecule has 0 spiro atoms. The molecule has 0 saturated carbocycles. The third-order valence-electron chi connectivity index (χ3n) is 2.54. The number of furan rings is 1. The molecule has 0 bridgehead atoms. The van der Waals surface area contributed by atoms with E-state index in [9.17, 15) is 0 Å². The van der Waals surface area contributed by atoms with Crippen molar-refractivity contribution in [3.63, 3.8) is 0 Å². The molecule has 0 fully saturated rings. The molecule has 0 unspecified atom stereocenters. The molecule has 5 heteroatoms. The van der Waals surface area contributed by atoms with Gasteiger partial charge in [0.15, 0.2) is 4.67 Å². The number of hydrogen-bond acceptors (Lipinski definition) is 4. The van der Waals surface area contributed by atoms with Crippen LogP contribution in [0, 0.1) is 0 Å². The van der Waals surface area contributed by atoms with Crippen molar-refractivity contribution < 1.29 is 4.42 Å². The van der Waals surface area contributed by atoms with Gasteiger partial charge in [-0.25, -0.2) is 9.97 Å². The highest BCUT2D eigenvalue weighted by Crippen LogP contribution is 2.39. The molecule has 3 aromatic rings. The molecule has 0 amide bonds. The summed E-state index contributed by atoms with van der Waals surface area (Å²) in [6.07, 6.45) is 1.39. The largest absolute Gasteiger partial charge is 0.430 e. The smallest absolute Gasteiger partial charge is 0.233 e. The lowest BCUT2D eigenvalue weighted by Crippen LogP contribution is -1.92. The second-order valence-electron chi connectivity index (χ2n) is 3.56. The molecular formula is C12H8BrN3O. The SMILES string of the molecule is Nc1ncnc2oc(Br)c(-c3ccccc3)c12. The summed E-state index contributed by atoms with van der Waals surface area (Å²) in [7, 11) is 0. The van der Waals surface area contributed by atoms with Crippen LogP contribution in [0.3, 0.4) is 0 Å². The Kier molecular flexibility index (Phi) is 2.33. The van der Waals surface area contributed by atoms with Crippen molar-refractivity contribution in [1.29, 1.82) is 0 Å². The number of benzene rings is 1. The molecule has 0 atom stereocenters. The normalized spacial score (nSPS) is 10.9. The van der Waals surface area contributed by atoms with Crippen LogP contribution in [0.15, 0.2) is 45.7 Å². The van der Waals surface area contributed by atoms with Crippen molar-refractivity contribution in [2.45, 2.75) is 0 Å². The third-order valence-corrected chi connectivity index (χ3v) is 3.10. The second kappa shape index (κ2) is 3.85. The molecule has 17 heavy (non-hydrogen) atoms. The molecule has 0 aliphatic rings. The molecule has 4 nitrogen and oxygen atoms in total.